The highest BCUT2D eigenvalue weighted by Crippen LogP contribution is 2.24. The molecule has 0 radical (unpaired) electrons. The van der Waals surface area contributed by atoms with Crippen LogP contribution < -0.4 is 16.1 Å². The maximum atomic E-state index is 13.0. The quantitative estimate of drug-likeness (QED) is 0.675. The van der Waals surface area contributed by atoms with E-state index >= 15 is 0 Å². The largest absolute Gasteiger partial charge is 0.393 e. The summed E-state index contributed by atoms with van der Waals surface area (Å²) in [5.41, 5.74) is 0.234. The summed E-state index contributed by atoms with van der Waals surface area (Å²) in [5.74, 6) is 0.674. The smallest absolute Gasteiger partial charge is 0.332 e. The molecule has 0 bridgehead atoms. The minimum absolute atomic E-state index is 0.294. The topological polar surface area (TPSA) is 94.5 Å². The lowest BCUT2D eigenvalue weighted by Gasteiger charge is -2.14. The van der Waals surface area contributed by atoms with Gasteiger partial charge in [0.15, 0.2) is 11.2 Å². The summed E-state index contributed by atoms with van der Waals surface area (Å²) in [7, 11) is 1.64. The zero-order chi connectivity index (χ0) is 18.8. The highest BCUT2D eigenvalue weighted by molar-refractivity contribution is 5.75. The van der Waals surface area contributed by atoms with Gasteiger partial charge in [-0.15, -0.1) is 0 Å². The van der Waals surface area contributed by atoms with Crippen LogP contribution >= 0.6 is 0 Å². The normalized spacial score (nSPS) is 15.0. The number of aliphatic hydroxyl groups is 1. The number of rotatable bonds is 8. The SMILES string of the molecule is CCOCN1CCn2c1nc1c2c(=O)n(CCCC[C@H](C)O)c(=O)n1C. The first-order valence-corrected chi connectivity index (χ1v) is 9.16. The van der Waals surface area contributed by atoms with Crippen LogP contribution in [0.3, 0.4) is 0 Å². The van der Waals surface area contributed by atoms with Crippen LogP contribution in [0.5, 0.6) is 0 Å². The summed E-state index contributed by atoms with van der Waals surface area (Å²) in [4.78, 5) is 32.1. The maximum Gasteiger partial charge on any atom is 0.332 e. The fourth-order valence-electron chi connectivity index (χ4n) is 3.36. The molecule has 9 heteroatoms. The van der Waals surface area contributed by atoms with Crippen molar-refractivity contribution in [2.75, 3.05) is 24.8 Å². The number of fused-ring (bicyclic) bond motifs is 3. The Bertz CT molecular complexity index is 895. The fraction of sp³-hybridized carbons (Fsp3) is 0.706. The fourth-order valence-corrected chi connectivity index (χ4v) is 3.36. The van der Waals surface area contributed by atoms with Gasteiger partial charge in [-0.3, -0.25) is 13.9 Å². The van der Waals surface area contributed by atoms with Gasteiger partial charge in [-0.25, -0.2) is 4.79 Å². The van der Waals surface area contributed by atoms with E-state index < -0.39 is 0 Å². The molecule has 0 unspecified atom stereocenters. The van der Waals surface area contributed by atoms with Gasteiger partial charge in [-0.2, -0.15) is 4.98 Å². The van der Waals surface area contributed by atoms with Crippen molar-refractivity contribution in [3.8, 4) is 0 Å². The summed E-state index contributed by atoms with van der Waals surface area (Å²) >= 11 is 0. The molecule has 1 aliphatic rings. The van der Waals surface area contributed by atoms with E-state index in [2.05, 4.69) is 4.98 Å². The van der Waals surface area contributed by atoms with Crippen molar-refractivity contribution in [1.29, 1.82) is 0 Å². The van der Waals surface area contributed by atoms with Crippen LogP contribution in [0.4, 0.5) is 5.95 Å². The summed E-state index contributed by atoms with van der Waals surface area (Å²) in [5, 5.41) is 9.35. The van der Waals surface area contributed by atoms with Crippen LogP contribution in [0.2, 0.25) is 0 Å². The standard InChI is InChI=1S/C17H27N5O4/c1-4-26-11-20-9-10-21-13-14(18-16(20)21)19(3)17(25)22(15(13)24)8-6-5-7-12(2)23/h12,23H,4-11H2,1-3H3/t12-/m0/s1. The number of anilines is 1. The molecule has 0 aromatic carbocycles. The molecule has 144 valence electrons. The lowest BCUT2D eigenvalue weighted by atomic mass is 10.2. The van der Waals surface area contributed by atoms with Crippen molar-refractivity contribution in [3.05, 3.63) is 20.8 Å². The Balaban J connectivity index is 1.97. The molecule has 1 aliphatic heterocycles. The van der Waals surface area contributed by atoms with Crippen molar-refractivity contribution in [2.45, 2.75) is 52.3 Å². The Morgan fingerprint density at radius 2 is 2.04 bits per heavy atom. The lowest BCUT2D eigenvalue weighted by Crippen LogP contribution is -2.39. The molecule has 26 heavy (non-hydrogen) atoms. The minimum Gasteiger partial charge on any atom is -0.393 e. The second-order valence-electron chi connectivity index (χ2n) is 6.76. The Labute approximate surface area is 151 Å². The summed E-state index contributed by atoms with van der Waals surface area (Å²) in [6.45, 7) is 6.41. The summed E-state index contributed by atoms with van der Waals surface area (Å²) in [6.07, 6.45) is 1.72. The molecule has 3 heterocycles. The number of imidazole rings is 1. The van der Waals surface area contributed by atoms with Crippen molar-refractivity contribution < 1.29 is 9.84 Å². The molecule has 0 amide bonds. The first kappa shape index (κ1) is 18.7. The van der Waals surface area contributed by atoms with Crippen molar-refractivity contribution in [3.63, 3.8) is 0 Å². The van der Waals surface area contributed by atoms with E-state index in [1.54, 1.807) is 14.0 Å². The van der Waals surface area contributed by atoms with Crippen molar-refractivity contribution >= 4 is 17.1 Å². The van der Waals surface area contributed by atoms with E-state index in [4.69, 9.17) is 4.74 Å². The zero-order valence-corrected chi connectivity index (χ0v) is 15.6. The number of aliphatic hydroxyl groups excluding tert-OH is 1. The van der Waals surface area contributed by atoms with Gasteiger partial charge in [-0.05, 0) is 33.1 Å². The number of aromatic nitrogens is 4. The van der Waals surface area contributed by atoms with Crippen molar-refractivity contribution in [2.24, 2.45) is 7.05 Å². The third-order valence-corrected chi connectivity index (χ3v) is 4.79. The number of ether oxygens (including phenoxy) is 1. The van der Waals surface area contributed by atoms with Gasteiger partial charge in [0.2, 0.25) is 5.95 Å². The van der Waals surface area contributed by atoms with E-state index in [-0.39, 0.29) is 17.4 Å². The predicted molar refractivity (Wildman–Crippen MR) is 98.6 cm³/mol. The van der Waals surface area contributed by atoms with Gasteiger partial charge < -0.3 is 19.3 Å². The average Bonchev–Trinajstić information content (AvgIpc) is 3.16. The Kier molecular flexibility index (Phi) is 5.47. The monoisotopic (exact) mass is 365 g/mol. The van der Waals surface area contributed by atoms with Gasteiger partial charge in [0, 0.05) is 33.3 Å². The van der Waals surface area contributed by atoms with Crippen LogP contribution in [-0.4, -0.2) is 49.8 Å². The molecule has 3 rings (SSSR count). The number of unbranched alkanes of at least 4 members (excludes halogenated alkanes) is 1. The molecule has 0 saturated heterocycles. The van der Waals surface area contributed by atoms with E-state index in [0.717, 1.165) is 13.0 Å². The van der Waals surface area contributed by atoms with E-state index in [1.165, 1.54) is 9.13 Å². The number of hydrogen-bond donors (Lipinski definition) is 1. The lowest BCUT2D eigenvalue weighted by molar-refractivity contribution is 0.148. The molecule has 9 nitrogen and oxygen atoms in total. The van der Waals surface area contributed by atoms with E-state index in [1.807, 2.05) is 16.4 Å². The average molecular weight is 365 g/mol. The minimum atomic E-state index is -0.369. The van der Waals surface area contributed by atoms with E-state index in [0.29, 0.717) is 56.4 Å². The first-order valence-electron chi connectivity index (χ1n) is 9.16. The van der Waals surface area contributed by atoms with Crippen molar-refractivity contribution in [1.82, 2.24) is 18.7 Å². The molecule has 2 aromatic heterocycles. The molecule has 0 spiro atoms. The molecule has 0 saturated carbocycles. The summed E-state index contributed by atoms with van der Waals surface area (Å²) < 4.78 is 10.1. The molecule has 2 aromatic rings. The Hall–Kier alpha value is -2.13. The molecular formula is C17H27N5O4. The van der Waals surface area contributed by atoms with Gasteiger partial charge in [-0.1, -0.05) is 0 Å². The van der Waals surface area contributed by atoms with Crippen LogP contribution in [0.15, 0.2) is 9.59 Å². The Morgan fingerprint density at radius 1 is 1.27 bits per heavy atom. The van der Waals surface area contributed by atoms with E-state index in [9.17, 15) is 14.7 Å². The van der Waals surface area contributed by atoms with Crippen LogP contribution in [-0.2, 0) is 24.9 Å². The second kappa shape index (κ2) is 7.63. The molecular weight excluding hydrogens is 338 g/mol. The maximum absolute atomic E-state index is 13.0. The van der Waals surface area contributed by atoms with Gasteiger partial charge >= 0.3 is 5.69 Å². The van der Waals surface area contributed by atoms with Gasteiger partial charge in [0.25, 0.3) is 5.56 Å². The first-order chi connectivity index (χ1) is 12.5. The third-order valence-electron chi connectivity index (χ3n) is 4.79. The summed E-state index contributed by atoms with van der Waals surface area (Å²) in [6, 6.07) is 0. The third kappa shape index (κ3) is 3.28. The highest BCUT2D eigenvalue weighted by atomic mass is 16.5. The Morgan fingerprint density at radius 3 is 2.73 bits per heavy atom. The van der Waals surface area contributed by atoms with Gasteiger partial charge in [0.05, 0.1) is 6.10 Å². The number of aryl methyl sites for hydroxylation is 1. The zero-order valence-electron chi connectivity index (χ0n) is 15.6. The molecule has 1 N–H and O–H groups in total. The number of hydrogen-bond acceptors (Lipinski definition) is 6. The van der Waals surface area contributed by atoms with Gasteiger partial charge in [0.1, 0.15) is 6.73 Å². The number of nitrogens with zero attached hydrogens (tertiary/aromatic N) is 5. The predicted octanol–water partition coefficient (Wildman–Crippen LogP) is 0.262. The highest BCUT2D eigenvalue weighted by Gasteiger charge is 2.27. The van der Waals surface area contributed by atoms with Crippen LogP contribution in [0, 0.1) is 0 Å². The molecule has 0 fully saturated rings. The molecule has 0 aliphatic carbocycles. The van der Waals surface area contributed by atoms with Crippen LogP contribution in [0.1, 0.15) is 33.1 Å². The molecule has 1 atom stereocenters. The van der Waals surface area contributed by atoms with Crippen LogP contribution in [0.25, 0.3) is 11.2 Å². The second-order valence-corrected chi connectivity index (χ2v) is 6.76.